The molecule has 0 radical (unpaired) electrons. The van der Waals surface area contributed by atoms with Crippen LogP contribution in [-0.4, -0.2) is 41.0 Å². The van der Waals surface area contributed by atoms with E-state index in [-0.39, 0.29) is 17.5 Å². The van der Waals surface area contributed by atoms with Gasteiger partial charge in [0.05, 0.1) is 24.1 Å². The summed E-state index contributed by atoms with van der Waals surface area (Å²) in [5.41, 5.74) is 2.22. The molecule has 224 valence electrons. The van der Waals surface area contributed by atoms with Crippen LogP contribution in [0.4, 0.5) is 5.69 Å². The van der Waals surface area contributed by atoms with E-state index >= 15 is 4.79 Å². The van der Waals surface area contributed by atoms with Crippen LogP contribution in [0.5, 0.6) is 11.5 Å². The van der Waals surface area contributed by atoms with Gasteiger partial charge in [-0.25, -0.2) is 0 Å². The van der Waals surface area contributed by atoms with Gasteiger partial charge in [0.25, 0.3) is 0 Å². The van der Waals surface area contributed by atoms with Gasteiger partial charge in [0.2, 0.25) is 5.91 Å². The number of amides is 1. The molecule has 1 spiro atoms. The molecular weight excluding hydrogens is 568 g/mol. The van der Waals surface area contributed by atoms with Gasteiger partial charge < -0.3 is 19.7 Å². The van der Waals surface area contributed by atoms with Crippen molar-refractivity contribution in [2.24, 2.45) is 5.92 Å². The Hall–Kier alpha value is -5.50. The number of benzene rings is 4. The highest BCUT2D eigenvalue weighted by Crippen LogP contribution is 2.62. The van der Waals surface area contributed by atoms with E-state index in [1.165, 1.54) is 6.92 Å². The summed E-state index contributed by atoms with van der Waals surface area (Å²) < 4.78 is 11.1. The number of ketones is 2. The summed E-state index contributed by atoms with van der Waals surface area (Å²) in [4.78, 5) is 57.9. The number of carbonyl (C=O) groups excluding carboxylic acids is 4. The predicted octanol–water partition coefficient (Wildman–Crippen LogP) is 5.99. The zero-order valence-corrected chi connectivity index (χ0v) is 24.7. The maximum Gasteiger partial charge on any atom is 0.308 e. The number of carbonyl (C=O) groups is 4. The minimum atomic E-state index is -1.45. The third-order valence-corrected chi connectivity index (χ3v) is 8.97. The van der Waals surface area contributed by atoms with Crippen LogP contribution in [0.3, 0.4) is 0 Å². The number of ether oxygens (including phenoxy) is 2. The largest absolute Gasteiger partial charge is 0.493 e. The van der Waals surface area contributed by atoms with E-state index in [1.807, 2.05) is 72.6 Å². The number of rotatable bonds is 7. The number of fused-ring (bicyclic) bond motifs is 6. The number of hydrogen-bond acceptors (Lipinski definition) is 7. The average Bonchev–Trinajstić information content (AvgIpc) is 3.53. The highest BCUT2D eigenvalue weighted by Gasteiger charge is 2.70. The van der Waals surface area contributed by atoms with Crippen molar-refractivity contribution in [2.45, 2.75) is 31.3 Å². The molecule has 1 saturated heterocycles. The first-order valence-corrected chi connectivity index (χ1v) is 14.9. The van der Waals surface area contributed by atoms with Crippen molar-refractivity contribution in [3.05, 3.63) is 131 Å². The standard InChI is InChI=1S/C37H30N2O6/c1-3-44-30-15-9-6-12-27(30)34(42)31-32(33(41)24-16-18-25(19-17-24)45-22(2)40)39-21-20-23-10-4-5-11-26(23)35(39)37(31)28-13-7-8-14-29(28)38-36(37)43/h4-21,31-32,35H,3H2,1-2H3,(H,38,43)/t31-,32+,35+,37+/m0/s1. The predicted molar refractivity (Wildman–Crippen MR) is 168 cm³/mol. The summed E-state index contributed by atoms with van der Waals surface area (Å²) in [6, 6.07) is 26.7. The molecule has 1 N–H and O–H groups in total. The molecule has 4 atom stereocenters. The lowest BCUT2D eigenvalue weighted by Crippen LogP contribution is -2.49. The van der Waals surface area contributed by atoms with E-state index in [4.69, 9.17) is 9.47 Å². The Morgan fingerprint density at radius 2 is 1.58 bits per heavy atom. The third kappa shape index (κ3) is 4.28. The smallest absolute Gasteiger partial charge is 0.308 e. The second kappa shape index (κ2) is 10.9. The first-order valence-electron chi connectivity index (χ1n) is 14.9. The second-order valence-electron chi connectivity index (χ2n) is 11.4. The van der Waals surface area contributed by atoms with Crippen molar-refractivity contribution in [2.75, 3.05) is 11.9 Å². The molecule has 45 heavy (non-hydrogen) atoms. The van der Waals surface area contributed by atoms with Crippen molar-refractivity contribution >= 4 is 35.2 Å². The molecule has 3 aliphatic heterocycles. The highest BCUT2D eigenvalue weighted by molar-refractivity contribution is 6.17. The van der Waals surface area contributed by atoms with E-state index < -0.39 is 29.4 Å². The molecule has 4 aromatic rings. The van der Waals surface area contributed by atoms with E-state index in [1.54, 1.807) is 48.5 Å². The van der Waals surface area contributed by atoms with Crippen LogP contribution < -0.4 is 14.8 Å². The molecule has 0 unspecified atom stereocenters. The molecule has 8 nitrogen and oxygen atoms in total. The summed E-state index contributed by atoms with van der Waals surface area (Å²) in [5, 5.41) is 3.06. The Labute approximate surface area is 260 Å². The molecule has 3 aliphatic rings. The summed E-state index contributed by atoms with van der Waals surface area (Å²) in [5.74, 6) is -1.95. The van der Waals surface area contributed by atoms with Crippen LogP contribution in [0.15, 0.2) is 103 Å². The lowest BCUT2D eigenvalue weighted by atomic mass is 9.62. The molecule has 0 bridgehead atoms. The van der Waals surface area contributed by atoms with Gasteiger partial charge in [-0.1, -0.05) is 54.6 Å². The quantitative estimate of drug-likeness (QED) is 0.158. The molecule has 8 heteroatoms. The Kier molecular flexibility index (Phi) is 6.85. The van der Waals surface area contributed by atoms with Crippen LogP contribution in [0, 0.1) is 5.92 Å². The van der Waals surface area contributed by atoms with Crippen LogP contribution in [0.1, 0.15) is 57.3 Å². The number of Topliss-reactive ketones (excluding diaryl/α,β-unsaturated/α-hetero) is 2. The molecule has 0 saturated carbocycles. The molecule has 0 aromatic heterocycles. The second-order valence-corrected chi connectivity index (χ2v) is 11.4. The van der Waals surface area contributed by atoms with Crippen molar-refractivity contribution in [1.29, 1.82) is 0 Å². The zero-order chi connectivity index (χ0) is 31.3. The van der Waals surface area contributed by atoms with Crippen LogP contribution >= 0.6 is 0 Å². The van der Waals surface area contributed by atoms with Crippen molar-refractivity contribution in [3.8, 4) is 11.5 Å². The fourth-order valence-electron chi connectivity index (χ4n) is 7.31. The lowest BCUT2D eigenvalue weighted by molar-refractivity contribution is -0.131. The van der Waals surface area contributed by atoms with Gasteiger partial charge in [0, 0.05) is 24.4 Å². The maximum atomic E-state index is 15.1. The van der Waals surface area contributed by atoms with Crippen LogP contribution in [0.2, 0.25) is 0 Å². The topological polar surface area (TPSA) is 102 Å². The van der Waals surface area contributed by atoms with Gasteiger partial charge in [0.15, 0.2) is 11.6 Å². The van der Waals surface area contributed by atoms with E-state index in [9.17, 15) is 14.4 Å². The van der Waals surface area contributed by atoms with Gasteiger partial charge in [-0.2, -0.15) is 0 Å². The minimum Gasteiger partial charge on any atom is -0.493 e. The monoisotopic (exact) mass is 598 g/mol. The Morgan fingerprint density at radius 3 is 2.36 bits per heavy atom. The van der Waals surface area contributed by atoms with Crippen molar-refractivity contribution in [1.82, 2.24) is 4.90 Å². The Balaban J connectivity index is 1.49. The maximum absolute atomic E-state index is 15.1. The van der Waals surface area contributed by atoms with Gasteiger partial charge >= 0.3 is 5.97 Å². The fourth-order valence-corrected chi connectivity index (χ4v) is 7.31. The van der Waals surface area contributed by atoms with E-state index in [0.29, 0.717) is 40.5 Å². The van der Waals surface area contributed by atoms with Crippen molar-refractivity contribution < 1.29 is 28.7 Å². The molecule has 3 heterocycles. The minimum absolute atomic E-state index is 0.300. The van der Waals surface area contributed by atoms with Gasteiger partial charge in [-0.3, -0.25) is 19.2 Å². The van der Waals surface area contributed by atoms with Gasteiger partial charge in [0.1, 0.15) is 23.0 Å². The highest BCUT2D eigenvalue weighted by atomic mass is 16.5. The third-order valence-electron chi connectivity index (χ3n) is 8.97. The fraction of sp³-hybridized carbons (Fsp3) is 0.189. The summed E-state index contributed by atoms with van der Waals surface area (Å²) in [6.45, 7) is 3.48. The van der Waals surface area contributed by atoms with Crippen LogP contribution in [0.25, 0.3) is 6.08 Å². The molecule has 1 fully saturated rings. The molecule has 4 aromatic carbocycles. The summed E-state index contributed by atoms with van der Waals surface area (Å²) in [6.07, 6.45) is 3.75. The number of nitrogens with one attached hydrogen (secondary N) is 1. The lowest BCUT2D eigenvalue weighted by Gasteiger charge is -2.38. The molecule has 7 rings (SSSR count). The number of anilines is 1. The first kappa shape index (κ1) is 28.3. The Morgan fingerprint density at radius 1 is 0.867 bits per heavy atom. The van der Waals surface area contributed by atoms with E-state index in [0.717, 1.165) is 11.1 Å². The average molecular weight is 599 g/mol. The summed E-state index contributed by atoms with van der Waals surface area (Å²) in [7, 11) is 0. The van der Waals surface area contributed by atoms with Gasteiger partial charge in [-0.15, -0.1) is 0 Å². The number of esters is 1. The zero-order valence-electron chi connectivity index (χ0n) is 24.7. The van der Waals surface area contributed by atoms with Crippen LogP contribution in [-0.2, 0) is 15.0 Å². The SMILES string of the molecule is CCOc1ccccc1C(=O)[C@@H]1[C@H](C(=O)c2ccc(OC(C)=O)cc2)N2C=Cc3ccccc3[C@@H]2[C@]12C(=O)Nc1ccccc12. The molecule has 1 amide bonds. The Bertz CT molecular complexity index is 1900. The first-order chi connectivity index (χ1) is 21.9. The van der Waals surface area contributed by atoms with Crippen molar-refractivity contribution in [3.63, 3.8) is 0 Å². The normalized spacial score (nSPS) is 22.3. The number of nitrogens with zero attached hydrogens (tertiary/aromatic N) is 1. The molecular formula is C37H30N2O6. The number of hydrogen-bond donors (Lipinski definition) is 1. The van der Waals surface area contributed by atoms with E-state index in [2.05, 4.69) is 5.32 Å². The summed E-state index contributed by atoms with van der Waals surface area (Å²) >= 11 is 0. The van der Waals surface area contributed by atoms with Gasteiger partial charge in [-0.05, 0) is 72.2 Å². The molecule has 0 aliphatic carbocycles. The number of para-hydroxylation sites is 2.